The number of hydrogen-bond acceptors (Lipinski definition) is 5. The first-order chi connectivity index (χ1) is 17.6. The average molecular weight is 512 g/mol. The van der Waals surface area contributed by atoms with Gasteiger partial charge in [0.25, 0.3) is 0 Å². The van der Waals surface area contributed by atoms with Crippen LogP contribution in [-0.4, -0.2) is 66.2 Å². The Hall–Kier alpha value is -2.26. The van der Waals surface area contributed by atoms with Gasteiger partial charge >= 0.3 is 19.3 Å². The number of aryl methyl sites for hydroxylation is 1. The molecule has 5 fully saturated rings. The van der Waals surface area contributed by atoms with Crippen molar-refractivity contribution in [3.63, 3.8) is 0 Å². The highest BCUT2D eigenvalue weighted by atomic mass is 16.7. The smallest absolute Gasteiger partial charge is 0.465 e. The van der Waals surface area contributed by atoms with Crippen LogP contribution >= 0.6 is 0 Å². The van der Waals surface area contributed by atoms with Crippen molar-refractivity contribution >= 4 is 19.3 Å². The van der Waals surface area contributed by atoms with Gasteiger partial charge < -0.3 is 29.4 Å². The van der Waals surface area contributed by atoms with Gasteiger partial charge in [-0.1, -0.05) is 56.5 Å². The van der Waals surface area contributed by atoms with Gasteiger partial charge in [0.05, 0.1) is 23.7 Å². The largest absolute Gasteiger partial charge is 0.482 e. The predicted molar refractivity (Wildman–Crippen MR) is 140 cm³/mol. The summed E-state index contributed by atoms with van der Waals surface area (Å²) in [5, 5.41) is 12.6. The highest BCUT2D eigenvalue weighted by Gasteiger charge is 2.68. The third-order valence-corrected chi connectivity index (χ3v) is 9.71. The van der Waals surface area contributed by atoms with E-state index in [9.17, 15) is 14.7 Å². The second kappa shape index (κ2) is 10.1. The lowest BCUT2D eigenvalue weighted by atomic mass is 9.43. The zero-order chi connectivity index (χ0) is 26.4. The zero-order valence-electron chi connectivity index (χ0n) is 22.6. The summed E-state index contributed by atoms with van der Waals surface area (Å²) < 4.78 is 18.8. The minimum Gasteiger partial charge on any atom is -0.465 e. The number of ether oxygens (including phenoxy) is 1. The van der Waals surface area contributed by atoms with Crippen LogP contribution in [0.25, 0.3) is 0 Å². The van der Waals surface area contributed by atoms with Gasteiger partial charge in [-0.05, 0) is 68.8 Å². The van der Waals surface area contributed by atoms with Crippen LogP contribution in [0.1, 0.15) is 70.4 Å². The fourth-order valence-corrected chi connectivity index (χ4v) is 7.23. The lowest BCUT2D eigenvalue weighted by molar-refractivity contribution is -0.199. The van der Waals surface area contributed by atoms with Crippen LogP contribution in [-0.2, 0) is 20.5 Å². The number of carboxylic acid groups (broad SMARTS) is 1. The standard InChI is InChI=1S/C28H41BN2O6/c1-18-9-11-19(12-10-18)14-24(29-36-23-16-20-15-22(27(20,2)3)28(23,4)37-29)30-25(32)35-17-21-8-6-5-7-13-31(21)26(33)34/h9-12,20-24H,5-8,13-17H2,1-4H3,(H,30,32)(H,33,34)/t20-,21+,22-,23+,24-,28-/m0/s1. The molecule has 2 amide bonds. The van der Waals surface area contributed by atoms with E-state index in [4.69, 9.17) is 14.0 Å². The summed E-state index contributed by atoms with van der Waals surface area (Å²) in [6.45, 7) is 9.40. The Morgan fingerprint density at radius 3 is 2.65 bits per heavy atom. The number of alkyl carbamates (subject to hydrolysis) is 1. The van der Waals surface area contributed by atoms with E-state index < -0.39 is 25.2 Å². The molecule has 6 atom stereocenters. The van der Waals surface area contributed by atoms with E-state index in [1.165, 1.54) is 10.5 Å². The maximum atomic E-state index is 13.0. The van der Waals surface area contributed by atoms with Gasteiger partial charge in [-0.25, -0.2) is 9.59 Å². The number of likely N-dealkylation sites (tertiary alicyclic amines) is 1. The molecule has 0 radical (unpaired) electrons. The lowest BCUT2D eigenvalue weighted by Gasteiger charge is -2.64. The molecule has 3 aliphatic carbocycles. The highest BCUT2D eigenvalue weighted by Crippen LogP contribution is 2.65. The first kappa shape index (κ1) is 26.4. The molecule has 0 spiro atoms. The summed E-state index contributed by atoms with van der Waals surface area (Å²) in [6, 6.07) is 7.93. The molecule has 0 aromatic heterocycles. The van der Waals surface area contributed by atoms with Crippen molar-refractivity contribution in [3.8, 4) is 0 Å². The molecule has 202 valence electrons. The van der Waals surface area contributed by atoms with Gasteiger partial charge in [0.1, 0.15) is 6.61 Å². The summed E-state index contributed by atoms with van der Waals surface area (Å²) in [5.41, 5.74) is 2.11. The molecule has 3 saturated carbocycles. The first-order valence-corrected chi connectivity index (χ1v) is 13.9. The van der Waals surface area contributed by atoms with Crippen LogP contribution in [0.2, 0.25) is 0 Å². The van der Waals surface area contributed by atoms with Gasteiger partial charge in [-0.3, -0.25) is 0 Å². The highest BCUT2D eigenvalue weighted by molar-refractivity contribution is 6.47. The van der Waals surface area contributed by atoms with Crippen LogP contribution in [0.15, 0.2) is 24.3 Å². The van der Waals surface area contributed by atoms with Gasteiger partial charge in [-0.15, -0.1) is 0 Å². The maximum absolute atomic E-state index is 13.0. The molecule has 2 saturated heterocycles. The van der Waals surface area contributed by atoms with E-state index in [2.05, 4.69) is 50.4 Å². The minimum absolute atomic E-state index is 0.0164. The molecule has 5 aliphatic rings. The summed E-state index contributed by atoms with van der Waals surface area (Å²) >= 11 is 0. The normalized spacial score (nSPS) is 33.1. The molecule has 37 heavy (non-hydrogen) atoms. The molecule has 2 heterocycles. The number of benzene rings is 1. The quantitative estimate of drug-likeness (QED) is 0.531. The molecule has 2 N–H and O–H groups in total. The van der Waals surface area contributed by atoms with E-state index in [0.29, 0.717) is 31.2 Å². The van der Waals surface area contributed by atoms with Crippen molar-refractivity contribution in [1.29, 1.82) is 0 Å². The van der Waals surface area contributed by atoms with Crippen molar-refractivity contribution in [1.82, 2.24) is 10.2 Å². The van der Waals surface area contributed by atoms with Crippen molar-refractivity contribution < 1.29 is 28.7 Å². The zero-order valence-corrected chi connectivity index (χ0v) is 22.6. The van der Waals surface area contributed by atoms with Gasteiger partial charge in [0.15, 0.2) is 0 Å². The Morgan fingerprint density at radius 2 is 1.95 bits per heavy atom. The Kier molecular flexibility index (Phi) is 7.22. The van der Waals surface area contributed by atoms with E-state index in [0.717, 1.165) is 37.7 Å². The molecule has 2 aliphatic heterocycles. The SMILES string of the molecule is Cc1ccc(C[C@H](NC(=O)OC[C@H]2CCCCCN2C(=O)O)B2O[C@@H]3C[C@@H]4C[C@@H](C4(C)C)[C@]3(C)O2)cc1. The van der Waals surface area contributed by atoms with Crippen LogP contribution in [0.5, 0.6) is 0 Å². The molecule has 1 aromatic rings. The number of nitrogens with one attached hydrogen (secondary N) is 1. The van der Waals surface area contributed by atoms with E-state index in [-0.39, 0.29) is 29.8 Å². The number of carbonyl (C=O) groups is 2. The lowest BCUT2D eigenvalue weighted by Crippen LogP contribution is -2.65. The third-order valence-electron chi connectivity index (χ3n) is 9.71. The van der Waals surface area contributed by atoms with Crippen LogP contribution in [0, 0.1) is 24.2 Å². The monoisotopic (exact) mass is 512 g/mol. The summed E-state index contributed by atoms with van der Waals surface area (Å²) in [6.07, 6.45) is 4.62. The number of hydrogen-bond donors (Lipinski definition) is 2. The predicted octanol–water partition coefficient (Wildman–Crippen LogP) is 4.82. The number of amides is 2. The molecule has 8 nitrogen and oxygen atoms in total. The fourth-order valence-electron chi connectivity index (χ4n) is 7.23. The second-order valence-electron chi connectivity index (χ2n) is 12.4. The van der Waals surface area contributed by atoms with Crippen LogP contribution < -0.4 is 5.32 Å². The molecule has 1 aromatic carbocycles. The van der Waals surface area contributed by atoms with E-state index in [1.807, 2.05) is 6.92 Å². The average Bonchev–Trinajstić information content (AvgIpc) is 3.03. The summed E-state index contributed by atoms with van der Waals surface area (Å²) in [4.78, 5) is 26.1. The van der Waals surface area contributed by atoms with Gasteiger partial charge in [0, 0.05) is 6.54 Å². The Balaban J connectivity index is 1.28. The summed E-state index contributed by atoms with van der Waals surface area (Å²) in [5.74, 6) is 0.642. The Labute approximate surface area is 220 Å². The van der Waals surface area contributed by atoms with Gasteiger partial charge in [0.2, 0.25) is 0 Å². The van der Waals surface area contributed by atoms with Crippen molar-refractivity contribution in [3.05, 3.63) is 35.4 Å². The van der Waals surface area contributed by atoms with Crippen LogP contribution in [0.3, 0.4) is 0 Å². The molecule has 9 heteroatoms. The Bertz CT molecular complexity index is 1000. The number of nitrogens with zero attached hydrogens (tertiary/aromatic N) is 1. The summed E-state index contributed by atoms with van der Waals surface area (Å²) in [7, 11) is -0.576. The van der Waals surface area contributed by atoms with Crippen molar-refractivity contribution in [2.45, 2.75) is 96.3 Å². The van der Waals surface area contributed by atoms with E-state index in [1.54, 1.807) is 0 Å². The maximum Gasteiger partial charge on any atom is 0.482 e. The fraction of sp³-hybridized carbons (Fsp3) is 0.714. The molecular weight excluding hydrogens is 471 g/mol. The minimum atomic E-state index is -0.960. The third kappa shape index (κ3) is 5.09. The molecule has 0 unspecified atom stereocenters. The van der Waals surface area contributed by atoms with Crippen molar-refractivity contribution in [2.75, 3.05) is 13.2 Å². The first-order valence-electron chi connectivity index (χ1n) is 13.9. The van der Waals surface area contributed by atoms with Gasteiger partial charge in [-0.2, -0.15) is 0 Å². The van der Waals surface area contributed by atoms with Crippen LogP contribution in [0.4, 0.5) is 9.59 Å². The Morgan fingerprint density at radius 1 is 1.19 bits per heavy atom. The second-order valence-corrected chi connectivity index (χ2v) is 12.4. The molecular formula is C28H41BN2O6. The van der Waals surface area contributed by atoms with Crippen molar-refractivity contribution in [2.24, 2.45) is 17.3 Å². The molecule has 2 bridgehead atoms. The number of rotatable bonds is 6. The number of carbonyl (C=O) groups excluding carboxylic acids is 1. The topological polar surface area (TPSA) is 97.3 Å². The van der Waals surface area contributed by atoms with E-state index >= 15 is 0 Å². The molecule has 6 rings (SSSR count).